The molecule has 0 amide bonds. The molecule has 0 saturated carbocycles. The van der Waals surface area contributed by atoms with Gasteiger partial charge in [-0.1, -0.05) is 0 Å². The number of sulfonamides is 1. The van der Waals surface area contributed by atoms with E-state index in [1.54, 1.807) is 6.07 Å². The van der Waals surface area contributed by atoms with Crippen LogP contribution in [-0.4, -0.2) is 42.1 Å². The molecule has 1 atom stereocenters. The molecule has 0 aromatic carbocycles. The second-order valence-electron chi connectivity index (χ2n) is 3.37. The Hall–Kier alpha value is -1.13. The van der Waals surface area contributed by atoms with Crippen LogP contribution in [0.3, 0.4) is 0 Å². The third-order valence-electron chi connectivity index (χ3n) is 2.34. The van der Waals surface area contributed by atoms with Crippen LogP contribution in [0.15, 0.2) is 0 Å². The fraction of sp³-hybridized carbons (Fsp3) is 0.750. The summed E-state index contributed by atoms with van der Waals surface area (Å²) >= 11 is 0. The Labute approximate surface area is 88.2 Å². The largest absolute Gasteiger partial charge is 0.480 e. The van der Waals surface area contributed by atoms with Gasteiger partial charge in [-0.25, -0.2) is 8.42 Å². The molecule has 0 bridgehead atoms. The van der Waals surface area contributed by atoms with Crippen LogP contribution >= 0.6 is 0 Å². The minimum absolute atomic E-state index is 0.195. The number of hydrogen-bond acceptors (Lipinski definition) is 4. The molecule has 1 N–H and O–H groups in total. The molecule has 1 aliphatic heterocycles. The summed E-state index contributed by atoms with van der Waals surface area (Å²) in [6.07, 6.45) is 1.67. The highest BCUT2D eigenvalue weighted by atomic mass is 32.2. The van der Waals surface area contributed by atoms with E-state index in [1.807, 2.05) is 0 Å². The average molecular weight is 232 g/mol. The maximum atomic E-state index is 11.5. The lowest BCUT2D eigenvalue weighted by molar-refractivity contribution is -0.142. The molecule has 1 saturated heterocycles. The molecule has 1 unspecified atom stereocenters. The molecule has 1 rings (SSSR count). The standard InChI is InChI=1S/C8H12N2O4S/c9-4-6-15(13,14)10-5-2-1-3-7(10)8(11)12/h7H,1-3,5-6H2,(H,11,12). The van der Waals surface area contributed by atoms with Gasteiger partial charge in [0, 0.05) is 6.54 Å². The van der Waals surface area contributed by atoms with Crippen molar-refractivity contribution in [3.05, 3.63) is 0 Å². The third-order valence-corrected chi connectivity index (χ3v) is 3.99. The van der Waals surface area contributed by atoms with E-state index in [0.717, 1.165) is 4.31 Å². The molecule has 1 aliphatic rings. The predicted octanol–water partition coefficient (Wildman–Crippen LogP) is -0.221. The molecular formula is C8H12N2O4S. The molecule has 84 valence electrons. The molecule has 7 heteroatoms. The topological polar surface area (TPSA) is 98.5 Å². The van der Waals surface area contributed by atoms with Gasteiger partial charge in [0.25, 0.3) is 0 Å². The zero-order valence-electron chi connectivity index (χ0n) is 8.09. The Morgan fingerprint density at radius 3 is 2.73 bits per heavy atom. The number of carbonyl (C=O) groups is 1. The van der Waals surface area contributed by atoms with Crippen LogP contribution in [-0.2, 0) is 14.8 Å². The first kappa shape index (κ1) is 11.9. The van der Waals surface area contributed by atoms with Gasteiger partial charge in [0.05, 0.1) is 6.07 Å². The fourth-order valence-electron chi connectivity index (χ4n) is 1.65. The average Bonchev–Trinajstić information content (AvgIpc) is 2.17. The number of piperidine rings is 1. The second kappa shape index (κ2) is 4.59. The van der Waals surface area contributed by atoms with E-state index in [4.69, 9.17) is 10.4 Å². The van der Waals surface area contributed by atoms with E-state index in [0.29, 0.717) is 19.3 Å². The quantitative estimate of drug-likeness (QED) is 0.725. The van der Waals surface area contributed by atoms with Crippen LogP contribution in [0.25, 0.3) is 0 Å². The predicted molar refractivity (Wildman–Crippen MR) is 51.4 cm³/mol. The normalized spacial score (nSPS) is 23.3. The van der Waals surface area contributed by atoms with E-state index in [-0.39, 0.29) is 6.54 Å². The maximum absolute atomic E-state index is 11.5. The van der Waals surface area contributed by atoms with E-state index in [2.05, 4.69) is 0 Å². The van der Waals surface area contributed by atoms with Crippen molar-refractivity contribution < 1.29 is 18.3 Å². The van der Waals surface area contributed by atoms with Gasteiger partial charge >= 0.3 is 5.97 Å². The zero-order valence-corrected chi connectivity index (χ0v) is 8.90. The van der Waals surface area contributed by atoms with E-state index in [9.17, 15) is 13.2 Å². The van der Waals surface area contributed by atoms with Crippen LogP contribution in [0, 0.1) is 11.3 Å². The van der Waals surface area contributed by atoms with E-state index in [1.165, 1.54) is 0 Å². The minimum atomic E-state index is -3.74. The van der Waals surface area contributed by atoms with E-state index < -0.39 is 27.8 Å². The smallest absolute Gasteiger partial charge is 0.322 e. The van der Waals surface area contributed by atoms with Crippen molar-refractivity contribution in [1.29, 1.82) is 5.26 Å². The monoisotopic (exact) mass is 232 g/mol. The summed E-state index contributed by atoms with van der Waals surface area (Å²) in [6, 6.07) is 0.540. The van der Waals surface area contributed by atoms with Crippen molar-refractivity contribution in [2.24, 2.45) is 0 Å². The Morgan fingerprint density at radius 1 is 1.53 bits per heavy atom. The van der Waals surface area contributed by atoms with Crippen molar-refractivity contribution in [3.8, 4) is 6.07 Å². The lowest BCUT2D eigenvalue weighted by atomic mass is 10.1. The van der Waals surface area contributed by atoms with Gasteiger partial charge < -0.3 is 5.11 Å². The summed E-state index contributed by atoms with van der Waals surface area (Å²) < 4.78 is 24.0. The summed E-state index contributed by atoms with van der Waals surface area (Å²) in [4.78, 5) is 10.8. The van der Waals surface area contributed by atoms with Crippen LogP contribution in [0.2, 0.25) is 0 Å². The van der Waals surface area contributed by atoms with E-state index >= 15 is 0 Å². The molecule has 0 radical (unpaired) electrons. The van der Waals surface area contributed by atoms with Crippen LogP contribution in [0.1, 0.15) is 19.3 Å². The van der Waals surface area contributed by atoms with Gasteiger partial charge in [-0.2, -0.15) is 9.57 Å². The number of nitrogens with zero attached hydrogens (tertiary/aromatic N) is 2. The fourth-order valence-corrected chi connectivity index (χ4v) is 2.97. The first-order valence-corrected chi connectivity index (χ1v) is 6.19. The Bertz CT molecular complexity index is 384. The van der Waals surface area contributed by atoms with Gasteiger partial charge in [-0.3, -0.25) is 4.79 Å². The third kappa shape index (κ3) is 2.67. The summed E-state index contributed by atoms with van der Waals surface area (Å²) in [5, 5.41) is 17.2. The lowest BCUT2D eigenvalue weighted by Gasteiger charge is -2.30. The summed E-state index contributed by atoms with van der Waals surface area (Å²) in [5.41, 5.74) is 0. The molecule has 6 nitrogen and oxygen atoms in total. The zero-order chi connectivity index (χ0) is 11.5. The van der Waals surface area contributed by atoms with Gasteiger partial charge in [0.1, 0.15) is 6.04 Å². The first-order valence-electron chi connectivity index (χ1n) is 4.58. The number of hydrogen-bond donors (Lipinski definition) is 1. The number of rotatable bonds is 3. The van der Waals surface area contributed by atoms with Gasteiger partial charge in [0.15, 0.2) is 5.75 Å². The van der Waals surface area contributed by atoms with Crippen LogP contribution in [0.4, 0.5) is 0 Å². The Balaban J connectivity index is 2.91. The number of nitriles is 1. The summed E-state index contributed by atoms with van der Waals surface area (Å²) in [5.74, 6) is -1.80. The van der Waals surface area contributed by atoms with Crippen molar-refractivity contribution in [1.82, 2.24) is 4.31 Å². The Morgan fingerprint density at radius 2 is 2.20 bits per heavy atom. The molecule has 0 aliphatic carbocycles. The minimum Gasteiger partial charge on any atom is -0.480 e. The number of aliphatic carboxylic acids is 1. The number of carboxylic acids is 1. The second-order valence-corrected chi connectivity index (χ2v) is 5.30. The molecule has 0 spiro atoms. The highest BCUT2D eigenvalue weighted by Crippen LogP contribution is 2.20. The number of carboxylic acid groups (broad SMARTS) is 1. The maximum Gasteiger partial charge on any atom is 0.322 e. The highest BCUT2D eigenvalue weighted by molar-refractivity contribution is 7.89. The van der Waals surface area contributed by atoms with Crippen molar-refractivity contribution in [2.45, 2.75) is 25.3 Å². The van der Waals surface area contributed by atoms with Crippen LogP contribution in [0.5, 0.6) is 0 Å². The summed E-state index contributed by atoms with van der Waals surface area (Å²) in [7, 11) is -3.74. The van der Waals surface area contributed by atoms with Gasteiger partial charge in [-0.05, 0) is 19.3 Å². The van der Waals surface area contributed by atoms with Gasteiger partial charge in [0.2, 0.25) is 10.0 Å². The molecular weight excluding hydrogens is 220 g/mol. The van der Waals surface area contributed by atoms with Gasteiger partial charge in [-0.15, -0.1) is 0 Å². The Kier molecular flexibility index (Phi) is 3.66. The SMILES string of the molecule is N#CCS(=O)(=O)N1CCCCC1C(=O)O. The molecule has 0 aromatic rings. The van der Waals surface area contributed by atoms with Crippen molar-refractivity contribution in [3.63, 3.8) is 0 Å². The summed E-state index contributed by atoms with van der Waals surface area (Å²) in [6.45, 7) is 0.195. The molecule has 1 heterocycles. The first-order chi connectivity index (χ1) is 6.99. The molecule has 0 aromatic heterocycles. The van der Waals surface area contributed by atoms with Crippen molar-refractivity contribution in [2.75, 3.05) is 12.3 Å². The molecule has 1 fully saturated rings. The van der Waals surface area contributed by atoms with Crippen molar-refractivity contribution >= 4 is 16.0 Å². The highest BCUT2D eigenvalue weighted by Gasteiger charge is 2.36. The molecule has 15 heavy (non-hydrogen) atoms. The lowest BCUT2D eigenvalue weighted by Crippen LogP contribution is -2.48. The van der Waals surface area contributed by atoms with Crippen LogP contribution < -0.4 is 0 Å².